The van der Waals surface area contributed by atoms with Gasteiger partial charge in [-0.1, -0.05) is 11.6 Å². The molecule has 1 aliphatic heterocycles. The van der Waals surface area contributed by atoms with Gasteiger partial charge in [0.2, 0.25) is 5.91 Å². The highest BCUT2D eigenvalue weighted by Crippen LogP contribution is 2.24. The molecule has 1 N–H and O–H groups in total. The number of thiophene rings is 1. The van der Waals surface area contributed by atoms with Crippen LogP contribution in [0.1, 0.15) is 11.3 Å². The molecule has 1 aliphatic rings. The van der Waals surface area contributed by atoms with Crippen molar-refractivity contribution in [3.63, 3.8) is 0 Å². The van der Waals surface area contributed by atoms with Gasteiger partial charge >= 0.3 is 5.97 Å². The van der Waals surface area contributed by atoms with Crippen LogP contribution in [-0.4, -0.2) is 43.0 Å². The first-order chi connectivity index (χ1) is 9.10. The largest absolute Gasteiger partial charge is 0.469 e. The monoisotopic (exact) mass is 302 g/mol. The van der Waals surface area contributed by atoms with Crippen LogP contribution >= 0.6 is 22.9 Å². The molecule has 0 aromatic carbocycles. The third-order valence-corrected chi connectivity index (χ3v) is 4.23. The van der Waals surface area contributed by atoms with E-state index in [9.17, 15) is 9.59 Å². The van der Waals surface area contributed by atoms with Gasteiger partial charge in [0.05, 0.1) is 17.9 Å². The van der Waals surface area contributed by atoms with Crippen molar-refractivity contribution >= 4 is 34.8 Å². The number of carbonyl (C=O) groups excluding carboxylic acids is 2. The summed E-state index contributed by atoms with van der Waals surface area (Å²) in [5.41, 5.74) is 0. The lowest BCUT2D eigenvalue weighted by molar-refractivity contribution is -0.146. The molecule has 0 aliphatic carbocycles. The van der Waals surface area contributed by atoms with Gasteiger partial charge in [0, 0.05) is 24.5 Å². The van der Waals surface area contributed by atoms with E-state index in [-0.39, 0.29) is 18.3 Å². The fourth-order valence-corrected chi connectivity index (χ4v) is 3.16. The van der Waals surface area contributed by atoms with Crippen molar-refractivity contribution in [1.82, 2.24) is 10.2 Å². The van der Waals surface area contributed by atoms with E-state index in [1.54, 1.807) is 0 Å². The maximum absolute atomic E-state index is 11.9. The molecule has 1 aromatic rings. The second kappa shape index (κ2) is 6.36. The number of carbonyl (C=O) groups is 2. The predicted octanol–water partition coefficient (Wildman–Crippen LogP) is 1.27. The zero-order chi connectivity index (χ0) is 13.8. The van der Waals surface area contributed by atoms with Crippen molar-refractivity contribution in [2.75, 3.05) is 20.2 Å². The summed E-state index contributed by atoms with van der Waals surface area (Å²) in [6, 6.07) is 3.30. The molecule has 2 rings (SSSR count). The van der Waals surface area contributed by atoms with Crippen molar-refractivity contribution in [2.24, 2.45) is 0 Å². The highest BCUT2D eigenvalue weighted by atomic mass is 35.5. The molecule has 0 spiro atoms. The highest BCUT2D eigenvalue weighted by Gasteiger charge is 2.32. The van der Waals surface area contributed by atoms with E-state index < -0.39 is 6.04 Å². The maximum atomic E-state index is 11.9. The molecule has 104 valence electrons. The summed E-state index contributed by atoms with van der Waals surface area (Å²) >= 11 is 7.38. The van der Waals surface area contributed by atoms with Gasteiger partial charge in [-0.05, 0) is 12.1 Å². The zero-order valence-electron chi connectivity index (χ0n) is 10.5. The van der Waals surface area contributed by atoms with Crippen LogP contribution in [0.4, 0.5) is 0 Å². The van der Waals surface area contributed by atoms with Gasteiger partial charge in [-0.3, -0.25) is 14.5 Å². The number of esters is 1. The Morgan fingerprint density at radius 2 is 2.42 bits per heavy atom. The predicted molar refractivity (Wildman–Crippen MR) is 73.2 cm³/mol. The fraction of sp³-hybridized carbons (Fsp3) is 0.500. The topological polar surface area (TPSA) is 58.6 Å². The molecular formula is C12H15ClN2O3S. The van der Waals surface area contributed by atoms with Crippen LogP contribution < -0.4 is 5.32 Å². The van der Waals surface area contributed by atoms with Crippen LogP contribution in [0.2, 0.25) is 4.34 Å². The molecule has 1 saturated heterocycles. The van der Waals surface area contributed by atoms with E-state index in [1.807, 2.05) is 17.0 Å². The third-order valence-electron chi connectivity index (χ3n) is 3.02. The Morgan fingerprint density at radius 3 is 3.05 bits per heavy atom. The molecule has 1 aromatic heterocycles. The lowest BCUT2D eigenvalue weighted by atomic mass is 10.1. The van der Waals surface area contributed by atoms with Gasteiger partial charge in [-0.15, -0.1) is 11.3 Å². The molecule has 7 heteroatoms. The van der Waals surface area contributed by atoms with Crippen LogP contribution in [0, 0.1) is 0 Å². The molecule has 1 fully saturated rings. The Kier molecular flexibility index (Phi) is 4.79. The first-order valence-corrected chi connectivity index (χ1v) is 7.12. The fourth-order valence-electron chi connectivity index (χ4n) is 2.05. The molecule has 5 nitrogen and oxygen atoms in total. The number of ether oxygens (including phenoxy) is 1. The molecule has 0 bridgehead atoms. The molecule has 1 amide bonds. The number of halogens is 1. The first-order valence-electron chi connectivity index (χ1n) is 5.93. The van der Waals surface area contributed by atoms with Crippen LogP contribution in [0.5, 0.6) is 0 Å². The summed E-state index contributed by atoms with van der Waals surface area (Å²) < 4.78 is 5.36. The number of methoxy groups -OCH3 is 1. The van der Waals surface area contributed by atoms with Gasteiger partial charge < -0.3 is 10.1 Å². The summed E-state index contributed by atoms with van der Waals surface area (Å²) in [6.07, 6.45) is 0.0709. The van der Waals surface area contributed by atoms with Crippen molar-refractivity contribution < 1.29 is 14.3 Å². The average Bonchev–Trinajstić information content (AvgIpc) is 2.79. The van der Waals surface area contributed by atoms with Gasteiger partial charge in [0.15, 0.2) is 0 Å². The van der Waals surface area contributed by atoms with Crippen molar-refractivity contribution in [3.8, 4) is 0 Å². The molecule has 1 atom stereocenters. The van der Waals surface area contributed by atoms with Crippen molar-refractivity contribution in [3.05, 3.63) is 21.3 Å². The van der Waals surface area contributed by atoms with Gasteiger partial charge in [-0.25, -0.2) is 0 Å². The van der Waals surface area contributed by atoms with Crippen molar-refractivity contribution in [2.45, 2.75) is 19.0 Å². The number of rotatable bonds is 4. The summed E-state index contributed by atoms with van der Waals surface area (Å²) in [5, 5.41) is 2.77. The first kappa shape index (κ1) is 14.3. The minimum Gasteiger partial charge on any atom is -0.469 e. The standard InChI is InChI=1S/C12H15ClN2O3S/c1-18-11(16)6-9-12(17)14-4-5-15(9)7-8-2-3-10(13)19-8/h2-3,9H,4-7H2,1H3,(H,14,17). The van der Waals surface area contributed by atoms with E-state index in [0.29, 0.717) is 19.6 Å². The Morgan fingerprint density at radius 1 is 1.63 bits per heavy atom. The second-order valence-electron chi connectivity index (χ2n) is 4.26. The summed E-state index contributed by atoms with van der Waals surface area (Å²) in [7, 11) is 1.33. The van der Waals surface area contributed by atoms with E-state index in [2.05, 4.69) is 10.1 Å². The Labute approximate surface area is 120 Å². The SMILES string of the molecule is COC(=O)CC1C(=O)NCCN1Cc1ccc(Cl)s1. The van der Waals surface area contributed by atoms with Crippen LogP contribution in [0.25, 0.3) is 0 Å². The molecule has 2 heterocycles. The van der Waals surface area contributed by atoms with E-state index >= 15 is 0 Å². The van der Waals surface area contributed by atoms with E-state index in [0.717, 1.165) is 9.21 Å². The van der Waals surface area contributed by atoms with E-state index in [4.69, 9.17) is 11.6 Å². The normalized spacial score (nSPS) is 20.1. The van der Waals surface area contributed by atoms with Crippen molar-refractivity contribution in [1.29, 1.82) is 0 Å². The average molecular weight is 303 g/mol. The number of piperazine rings is 1. The lowest BCUT2D eigenvalue weighted by Gasteiger charge is -2.34. The van der Waals surface area contributed by atoms with Crippen LogP contribution in [0.3, 0.4) is 0 Å². The summed E-state index contributed by atoms with van der Waals surface area (Å²) in [4.78, 5) is 26.3. The zero-order valence-corrected chi connectivity index (χ0v) is 12.1. The summed E-state index contributed by atoms with van der Waals surface area (Å²) in [6.45, 7) is 1.92. The summed E-state index contributed by atoms with van der Waals surface area (Å²) in [5.74, 6) is -0.504. The molecule has 0 radical (unpaired) electrons. The second-order valence-corrected chi connectivity index (χ2v) is 6.06. The molecule has 19 heavy (non-hydrogen) atoms. The number of hydrogen-bond donors (Lipinski definition) is 1. The number of hydrogen-bond acceptors (Lipinski definition) is 5. The third kappa shape index (κ3) is 3.68. The van der Waals surface area contributed by atoms with Crippen LogP contribution in [0.15, 0.2) is 12.1 Å². The Bertz CT molecular complexity index is 477. The molecule has 0 saturated carbocycles. The van der Waals surface area contributed by atoms with Crippen LogP contribution in [-0.2, 0) is 20.9 Å². The van der Waals surface area contributed by atoms with Gasteiger partial charge in [0.1, 0.15) is 6.04 Å². The maximum Gasteiger partial charge on any atom is 0.307 e. The number of amides is 1. The minimum atomic E-state index is -0.470. The Balaban J connectivity index is 2.06. The Hall–Kier alpha value is -1.11. The molecule has 1 unspecified atom stereocenters. The van der Waals surface area contributed by atoms with Gasteiger partial charge in [-0.2, -0.15) is 0 Å². The highest BCUT2D eigenvalue weighted by molar-refractivity contribution is 7.16. The van der Waals surface area contributed by atoms with E-state index in [1.165, 1.54) is 18.4 Å². The quantitative estimate of drug-likeness (QED) is 0.851. The van der Waals surface area contributed by atoms with Gasteiger partial charge in [0.25, 0.3) is 0 Å². The molecular weight excluding hydrogens is 288 g/mol. The smallest absolute Gasteiger partial charge is 0.307 e. The number of nitrogens with one attached hydrogen (secondary N) is 1. The number of nitrogens with zero attached hydrogens (tertiary/aromatic N) is 1. The lowest BCUT2D eigenvalue weighted by Crippen LogP contribution is -2.55. The minimum absolute atomic E-state index is 0.0709.